The summed E-state index contributed by atoms with van der Waals surface area (Å²) in [5, 5.41) is 12.3. The van der Waals surface area contributed by atoms with Crippen molar-refractivity contribution in [2.24, 2.45) is 10.2 Å². The predicted molar refractivity (Wildman–Crippen MR) is 90.4 cm³/mol. The number of rotatable bonds is 4. The summed E-state index contributed by atoms with van der Waals surface area (Å²) in [5.41, 5.74) is 0.135. The molecule has 0 aromatic heterocycles. The Morgan fingerprint density at radius 3 is 2.48 bits per heavy atom. The molecular weight excluding hydrogens is 357 g/mol. The second kappa shape index (κ2) is 7.68. The van der Waals surface area contributed by atoms with Gasteiger partial charge in [-0.25, -0.2) is 0 Å². The third kappa shape index (κ3) is 5.59. The van der Waals surface area contributed by atoms with Gasteiger partial charge in [-0.3, -0.25) is 9.59 Å². The van der Waals surface area contributed by atoms with Crippen LogP contribution < -0.4 is 10.6 Å². The molecular formula is C15H15F3N4O2S. The Labute approximate surface area is 146 Å². The van der Waals surface area contributed by atoms with E-state index in [2.05, 4.69) is 20.8 Å². The molecule has 2 N–H and O–H groups in total. The average Bonchev–Trinajstić information content (AvgIpc) is 2.85. The molecule has 0 spiro atoms. The summed E-state index contributed by atoms with van der Waals surface area (Å²) in [4.78, 5) is 23.8. The van der Waals surface area contributed by atoms with E-state index in [4.69, 9.17) is 0 Å². The van der Waals surface area contributed by atoms with Crippen molar-refractivity contribution in [2.45, 2.75) is 31.7 Å². The van der Waals surface area contributed by atoms with E-state index in [0.29, 0.717) is 10.9 Å². The number of halogens is 3. The molecule has 1 aliphatic rings. The van der Waals surface area contributed by atoms with Crippen LogP contribution in [0.5, 0.6) is 0 Å². The van der Waals surface area contributed by atoms with Gasteiger partial charge in [0, 0.05) is 17.8 Å². The van der Waals surface area contributed by atoms with Crippen LogP contribution in [-0.2, 0) is 15.8 Å². The molecule has 0 aliphatic carbocycles. The Bertz CT molecular complexity index is 725. The minimum absolute atomic E-state index is 0.134. The van der Waals surface area contributed by atoms with Crippen molar-refractivity contribution in [2.75, 3.05) is 5.32 Å². The van der Waals surface area contributed by atoms with Crippen LogP contribution in [-0.4, -0.2) is 27.9 Å². The first-order chi connectivity index (χ1) is 11.6. The van der Waals surface area contributed by atoms with Crippen LogP contribution in [0.1, 0.15) is 25.8 Å². The Morgan fingerprint density at radius 2 is 1.92 bits per heavy atom. The van der Waals surface area contributed by atoms with Crippen LogP contribution in [0.4, 0.5) is 18.9 Å². The Hall–Kier alpha value is -2.36. The summed E-state index contributed by atoms with van der Waals surface area (Å²) in [6.07, 6.45) is -4.57. The maximum atomic E-state index is 12.5. The van der Waals surface area contributed by atoms with Gasteiger partial charge in [-0.05, 0) is 38.1 Å². The molecule has 1 unspecified atom stereocenters. The summed E-state index contributed by atoms with van der Waals surface area (Å²) >= 11 is 1.08. The van der Waals surface area contributed by atoms with E-state index >= 15 is 0 Å². The highest BCUT2D eigenvalue weighted by atomic mass is 32.2. The number of nitrogens with one attached hydrogen (secondary N) is 2. The highest BCUT2D eigenvalue weighted by Crippen LogP contribution is 2.30. The smallest absolute Gasteiger partial charge is 0.326 e. The molecule has 1 heterocycles. The van der Waals surface area contributed by atoms with E-state index in [9.17, 15) is 22.8 Å². The van der Waals surface area contributed by atoms with Crippen molar-refractivity contribution in [3.8, 4) is 0 Å². The number of amides is 2. The summed E-state index contributed by atoms with van der Waals surface area (Å²) in [7, 11) is 0. The highest BCUT2D eigenvalue weighted by Gasteiger charge is 2.32. The van der Waals surface area contributed by atoms with Gasteiger partial charge in [0.05, 0.1) is 5.56 Å². The van der Waals surface area contributed by atoms with Crippen LogP contribution in [0.25, 0.3) is 0 Å². The first kappa shape index (κ1) is 19.0. The van der Waals surface area contributed by atoms with Crippen molar-refractivity contribution < 1.29 is 22.8 Å². The van der Waals surface area contributed by atoms with Gasteiger partial charge >= 0.3 is 6.18 Å². The normalized spacial score (nSPS) is 18.8. The second-order valence-corrected chi connectivity index (χ2v) is 6.57. The lowest BCUT2D eigenvalue weighted by Crippen LogP contribution is -2.28. The van der Waals surface area contributed by atoms with Gasteiger partial charge in [0.15, 0.2) is 5.17 Å². The number of thioether (sulfide) groups is 1. The average molecular weight is 372 g/mol. The minimum atomic E-state index is -4.43. The predicted octanol–water partition coefficient (Wildman–Crippen LogP) is 3.02. The van der Waals surface area contributed by atoms with Gasteiger partial charge in [0.25, 0.3) is 0 Å². The Balaban J connectivity index is 1.93. The van der Waals surface area contributed by atoms with Crippen molar-refractivity contribution in [3.05, 3.63) is 29.8 Å². The topological polar surface area (TPSA) is 82.9 Å². The van der Waals surface area contributed by atoms with Gasteiger partial charge in [-0.15, -0.1) is 5.10 Å². The zero-order valence-electron chi connectivity index (χ0n) is 13.3. The molecule has 1 fully saturated rings. The van der Waals surface area contributed by atoms with Crippen molar-refractivity contribution in [1.29, 1.82) is 0 Å². The van der Waals surface area contributed by atoms with Crippen LogP contribution in [0.15, 0.2) is 34.5 Å². The largest absolute Gasteiger partial charge is 0.416 e. The molecule has 0 radical (unpaired) electrons. The zero-order valence-corrected chi connectivity index (χ0v) is 14.2. The van der Waals surface area contributed by atoms with E-state index in [1.807, 2.05) is 0 Å². The number of benzene rings is 1. The van der Waals surface area contributed by atoms with E-state index in [-0.39, 0.29) is 18.0 Å². The fourth-order valence-corrected chi connectivity index (χ4v) is 2.77. The number of anilines is 1. The van der Waals surface area contributed by atoms with E-state index in [1.54, 1.807) is 13.8 Å². The molecule has 25 heavy (non-hydrogen) atoms. The van der Waals surface area contributed by atoms with Crippen LogP contribution in [0.3, 0.4) is 0 Å². The number of amidine groups is 1. The van der Waals surface area contributed by atoms with Crippen molar-refractivity contribution in [3.63, 3.8) is 0 Å². The number of alkyl halides is 3. The SMILES string of the molecule is CC(C)=NN=C1NC(=O)C(CC(=O)Nc2ccc(C(F)(F)F)cc2)S1. The van der Waals surface area contributed by atoms with Gasteiger partial charge < -0.3 is 10.6 Å². The molecule has 0 bridgehead atoms. The maximum Gasteiger partial charge on any atom is 0.416 e. The van der Waals surface area contributed by atoms with Crippen LogP contribution in [0.2, 0.25) is 0 Å². The number of hydrogen-bond donors (Lipinski definition) is 2. The number of carbonyl (C=O) groups is 2. The van der Waals surface area contributed by atoms with Crippen LogP contribution in [0, 0.1) is 0 Å². The van der Waals surface area contributed by atoms with Crippen LogP contribution >= 0.6 is 11.8 Å². The lowest BCUT2D eigenvalue weighted by Gasteiger charge is -2.09. The number of nitrogens with zero attached hydrogens (tertiary/aromatic N) is 2. The second-order valence-electron chi connectivity index (χ2n) is 5.38. The third-order valence-corrected chi connectivity index (χ3v) is 4.06. The molecule has 1 aliphatic heterocycles. The molecule has 2 rings (SSSR count). The molecule has 2 amide bonds. The molecule has 0 saturated carbocycles. The zero-order chi connectivity index (χ0) is 18.6. The maximum absolute atomic E-state index is 12.5. The first-order valence-electron chi connectivity index (χ1n) is 7.18. The number of carbonyl (C=O) groups excluding carboxylic acids is 2. The summed E-state index contributed by atoms with van der Waals surface area (Å²) in [5.74, 6) is -0.848. The van der Waals surface area contributed by atoms with Crippen molar-refractivity contribution >= 4 is 40.1 Å². The third-order valence-electron chi connectivity index (χ3n) is 2.98. The summed E-state index contributed by atoms with van der Waals surface area (Å²) in [6.45, 7) is 3.50. The highest BCUT2D eigenvalue weighted by molar-refractivity contribution is 8.15. The molecule has 10 heteroatoms. The molecule has 1 atom stereocenters. The summed E-state index contributed by atoms with van der Waals surface area (Å²) in [6, 6.07) is 4.08. The number of hydrogen-bond acceptors (Lipinski definition) is 5. The fourth-order valence-electron chi connectivity index (χ4n) is 1.85. The lowest BCUT2D eigenvalue weighted by atomic mass is 10.2. The quantitative estimate of drug-likeness (QED) is 0.630. The molecule has 134 valence electrons. The van der Waals surface area contributed by atoms with E-state index < -0.39 is 22.9 Å². The fraction of sp³-hybridized carbons (Fsp3) is 0.333. The summed E-state index contributed by atoms with van der Waals surface area (Å²) < 4.78 is 37.5. The van der Waals surface area contributed by atoms with Gasteiger partial charge in [-0.2, -0.15) is 18.3 Å². The lowest BCUT2D eigenvalue weighted by molar-refractivity contribution is -0.137. The Morgan fingerprint density at radius 1 is 1.28 bits per heavy atom. The molecule has 1 aromatic rings. The van der Waals surface area contributed by atoms with E-state index in [1.165, 1.54) is 0 Å². The molecule has 1 saturated heterocycles. The van der Waals surface area contributed by atoms with Gasteiger partial charge in [0.2, 0.25) is 11.8 Å². The van der Waals surface area contributed by atoms with Gasteiger partial charge in [-0.1, -0.05) is 11.8 Å². The first-order valence-corrected chi connectivity index (χ1v) is 8.06. The monoisotopic (exact) mass is 372 g/mol. The molecule has 1 aromatic carbocycles. The molecule has 6 nitrogen and oxygen atoms in total. The minimum Gasteiger partial charge on any atom is -0.326 e. The van der Waals surface area contributed by atoms with Crippen molar-refractivity contribution in [1.82, 2.24) is 5.32 Å². The van der Waals surface area contributed by atoms with E-state index in [0.717, 1.165) is 36.0 Å². The standard InChI is InChI=1S/C15H15F3N4O2S/c1-8(2)21-22-14-20-13(24)11(25-14)7-12(23)19-10-5-3-9(4-6-10)15(16,17)18/h3-6,11H,7H2,1-2H3,(H,19,23)(H,20,22,24). The van der Waals surface area contributed by atoms with Gasteiger partial charge in [0.1, 0.15) is 5.25 Å². The Kier molecular flexibility index (Phi) is 5.83.